The molecule has 4 heterocycles. The third-order valence-corrected chi connectivity index (χ3v) is 7.72. The number of rotatable bonds is 1. The molecular formula is C22H22N6. The third-order valence-electron chi connectivity index (χ3n) is 7.72. The number of nitrogens with two attached hydrogens (primary N) is 1. The van der Waals surface area contributed by atoms with E-state index >= 15 is 0 Å². The lowest BCUT2D eigenvalue weighted by Crippen LogP contribution is -2.35. The number of aliphatic imine (C=N–C) groups is 1. The zero-order chi connectivity index (χ0) is 18.4. The van der Waals surface area contributed by atoms with Crippen LogP contribution in [0.15, 0.2) is 35.6 Å². The van der Waals surface area contributed by atoms with Crippen LogP contribution in [0.4, 0.5) is 5.69 Å². The van der Waals surface area contributed by atoms with E-state index in [4.69, 9.17) is 5.73 Å². The normalized spacial score (nSPS) is 32.0. The topological polar surface area (TPSA) is 92.0 Å². The largest absolute Gasteiger partial charge is 0.383 e. The number of amidine groups is 1. The van der Waals surface area contributed by atoms with E-state index in [1.165, 1.54) is 47.0 Å². The highest BCUT2D eigenvalue weighted by molar-refractivity contribution is 6.01. The van der Waals surface area contributed by atoms with Crippen molar-refractivity contribution in [1.82, 2.24) is 15.2 Å². The molecule has 2 aliphatic carbocycles. The molecule has 7 rings (SSSR count). The van der Waals surface area contributed by atoms with Gasteiger partial charge in [0.25, 0.3) is 0 Å². The number of pyridine rings is 1. The number of hydrogen-bond donors (Lipinski definition) is 3. The number of aromatic amines is 1. The standard InChI is InChI=1S/C22H22N6/c23-21-14-6-12(3-4-13(14)7-24-21)20-18-11-2-1-10(5-11)17(18)19-15-8-26-28-22(15)25-9-16(19)27-20/h3-4,6,8-11,17-18,20,27H,1-2,5,7H2,(H2,23,24)(H,25,26,28)/t10-,11?,17+,18-,20+/m1/s1. The van der Waals surface area contributed by atoms with Crippen LogP contribution in [0.3, 0.4) is 0 Å². The molecule has 2 saturated carbocycles. The van der Waals surface area contributed by atoms with Gasteiger partial charge in [0.1, 0.15) is 5.84 Å². The fraction of sp³-hybridized carbons (Fsp3) is 0.409. The van der Waals surface area contributed by atoms with Gasteiger partial charge < -0.3 is 11.1 Å². The number of benzene rings is 1. The van der Waals surface area contributed by atoms with Gasteiger partial charge >= 0.3 is 0 Å². The number of H-pyrrole nitrogens is 1. The molecule has 0 radical (unpaired) electrons. The van der Waals surface area contributed by atoms with E-state index in [-0.39, 0.29) is 0 Å². The maximum atomic E-state index is 6.15. The molecule has 140 valence electrons. The van der Waals surface area contributed by atoms with E-state index < -0.39 is 0 Å². The van der Waals surface area contributed by atoms with Crippen molar-refractivity contribution in [2.24, 2.45) is 28.5 Å². The van der Waals surface area contributed by atoms with Crippen LogP contribution >= 0.6 is 0 Å². The number of nitrogens with zero attached hydrogens (tertiary/aromatic N) is 3. The Kier molecular flexibility index (Phi) is 2.76. The monoisotopic (exact) mass is 370 g/mol. The molecule has 0 saturated heterocycles. The van der Waals surface area contributed by atoms with Crippen molar-refractivity contribution in [3.63, 3.8) is 0 Å². The first-order chi connectivity index (χ1) is 13.8. The maximum Gasteiger partial charge on any atom is 0.155 e. The second-order valence-electron chi connectivity index (χ2n) is 8.89. The van der Waals surface area contributed by atoms with Crippen molar-refractivity contribution in [3.05, 3.63) is 52.8 Å². The Morgan fingerprint density at radius 2 is 2.04 bits per heavy atom. The van der Waals surface area contributed by atoms with Crippen molar-refractivity contribution in [2.75, 3.05) is 5.32 Å². The molecule has 28 heavy (non-hydrogen) atoms. The van der Waals surface area contributed by atoms with Crippen LogP contribution < -0.4 is 11.1 Å². The first-order valence-corrected chi connectivity index (χ1v) is 10.3. The zero-order valence-corrected chi connectivity index (χ0v) is 15.5. The molecule has 2 aromatic heterocycles. The first-order valence-electron chi connectivity index (χ1n) is 10.3. The van der Waals surface area contributed by atoms with Gasteiger partial charge in [-0.2, -0.15) is 5.10 Å². The van der Waals surface area contributed by atoms with Crippen molar-refractivity contribution in [3.8, 4) is 0 Å². The molecule has 2 fully saturated rings. The summed E-state index contributed by atoms with van der Waals surface area (Å²) in [6, 6.07) is 7.07. The van der Waals surface area contributed by atoms with Gasteiger partial charge in [-0.3, -0.25) is 10.1 Å². The number of nitrogens with one attached hydrogen (secondary N) is 2. The molecule has 0 amide bonds. The second-order valence-corrected chi connectivity index (χ2v) is 8.89. The Labute approximate surface area is 162 Å². The summed E-state index contributed by atoms with van der Waals surface area (Å²) < 4.78 is 0. The minimum atomic E-state index is 0.303. The molecule has 4 N–H and O–H groups in total. The number of hydrogen-bond acceptors (Lipinski definition) is 5. The summed E-state index contributed by atoms with van der Waals surface area (Å²) in [4.78, 5) is 9.02. The predicted molar refractivity (Wildman–Crippen MR) is 108 cm³/mol. The predicted octanol–water partition coefficient (Wildman–Crippen LogP) is 3.47. The van der Waals surface area contributed by atoms with E-state index in [1.54, 1.807) is 0 Å². The molecule has 1 aromatic carbocycles. The molecular weight excluding hydrogens is 348 g/mol. The van der Waals surface area contributed by atoms with Gasteiger partial charge in [-0.15, -0.1) is 0 Å². The summed E-state index contributed by atoms with van der Waals surface area (Å²) in [5, 5.41) is 12.4. The van der Waals surface area contributed by atoms with Gasteiger partial charge in [0.05, 0.1) is 30.7 Å². The van der Waals surface area contributed by atoms with Gasteiger partial charge in [-0.1, -0.05) is 12.1 Å². The van der Waals surface area contributed by atoms with E-state index in [1.807, 2.05) is 12.4 Å². The molecule has 5 atom stereocenters. The van der Waals surface area contributed by atoms with E-state index in [0.29, 0.717) is 30.3 Å². The van der Waals surface area contributed by atoms with Crippen molar-refractivity contribution < 1.29 is 0 Å². The number of anilines is 1. The van der Waals surface area contributed by atoms with Crippen molar-refractivity contribution >= 4 is 22.6 Å². The lowest BCUT2D eigenvalue weighted by atomic mass is 9.67. The minimum Gasteiger partial charge on any atom is -0.383 e. The van der Waals surface area contributed by atoms with Crippen LogP contribution in [0.1, 0.15) is 53.5 Å². The van der Waals surface area contributed by atoms with E-state index in [2.05, 4.69) is 43.7 Å². The van der Waals surface area contributed by atoms with E-state index in [9.17, 15) is 0 Å². The highest BCUT2D eigenvalue weighted by Gasteiger charge is 2.54. The Balaban J connectivity index is 1.41. The minimum absolute atomic E-state index is 0.303. The fourth-order valence-corrected chi connectivity index (χ4v) is 6.62. The van der Waals surface area contributed by atoms with Crippen LogP contribution in [0.2, 0.25) is 0 Å². The maximum absolute atomic E-state index is 6.15. The quantitative estimate of drug-likeness (QED) is 0.611. The third kappa shape index (κ3) is 1.81. The Bertz CT molecular complexity index is 1160. The summed E-state index contributed by atoms with van der Waals surface area (Å²) >= 11 is 0. The van der Waals surface area contributed by atoms with Crippen LogP contribution in [-0.2, 0) is 6.54 Å². The molecule has 3 aromatic rings. The van der Waals surface area contributed by atoms with Crippen molar-refractivity contribution in [1.29, 1.82) is 0 Å². The van der Waals surface area contributed by atoms with Gasteiger partial charge in [-0.05, 0) is 65.7 Å². The Morgan fingerprint density at radius 1 is 1.11 bits per heavy atom. The molecule has 0 spiro atoms. The SMILES string of the molecule is NC1=NCc2ccc([C@@H]3Nc4cnc5[nH]ncc5c4[C@H]4[C@@H]5CCC(C5)[C@H]43)cc21. The number of aromatic nitrogens is 3. The first kappa shape index (κ1) is 15.1. The molecule has 6 nitrogen and oxygen atoms in total. The Morgan fingerprint density at radius 3 is 3.00 bits per heavy atom. The highest BCUT2D eigenvalue weighted by atomic mass is 15.1. The number of fused-ring (bicyclic) bond motifs is 10. The second kappa shape index (κ2) is 5.13. The lowest BCUT2D eigenvalue weighted by Gasteiger charge is -2.43. The molecule has 2 aliphatic heterocycles. The van der Waals surface area contributed by atoms with E-state index in [0.717, 1.165) is 23.0 Å². The highest BCUT2D eigenvalue weighted by Crippen LogP contribution is 2.64. The van der Waals surface area contributed by atoms with Crippen LogP contribution in [0.5, 0.6) is 0 Å². The zero-order valence-electron chi connectivity index (χ0n) is 15.5. The van der Waals surface area contributed by atoms with Crippen molar-refractivity contribution in [2.45, 2.75) is 37.8 Å². The fourth-order valence-electron chi connectivity index (χ4n) is 6.62. The van der Waals surface area contributed by atoms with Gasteiger partial charge in [-0.25, -0.2) is 4.98 Å². The average molecular weight is 370 g/mol. The van der Waals surface area contributed by atoms with Gasteiger partial charge in [0, 0.05) is 10.9 Å². The summed E-state index contributed by atoms with van der Waals surface area (Å²) in [6.45, 7) is 0.710. The molecule has 1 unspecified atom stereocenters. The lowest BCUT2D eigenvalue weighted by molar-refractivity contribution is 0.249. The smallest absolute Gasteiger partial charge is 0.155 e. The average Bonchev–Trinajstić information content (AvgIpc) is 3.51. The summed E-state index contributed by atoms with van der Waals surface area (Å²) in [5.41, 5.74) is 13.4. The Hall–Kier alpha value is -2.89. The van der Waals surface area contributed by atoms with Gasteiger partial charge in [0.2, 0.25) is 0 Å². The molecule has 2 bridgehead atoms. The van der Waals surface area contributed by atoms with Crippen LogP contribution in [0, 0.1) is 17.8 Å². The van der Waals surface area contributed by atoms with Crippen LogP contribution in [0.25, 0.3) is 11.0 Å². The van der Waals surface area contributed by atoms with Gasteiger partial charge in [0.15, 0.2) is 5.65 Å². The van der Waals surface area contributed by atoms with Crippen LogP contribution in [-0.4, -0.2) is 21.0 Å². The molecule has 6 heteroatoms. The molecule has 4 aliphatic rings. The summed E-state index contributed by atoms with van der Waals surface area (Å²) in [7, 11) is 0. The summed E-state index contributed by atoms with van der Waals surface area (Å²) in [6.07, 6.45) is 8.01. The summed E-state index contributed by atoms with van der Waals surface area (Å²) in [5.74, 6) is 3.45.